The van der Waals surface area contributed by atoms with E-state index in [0.29, 0.717) is 12.1 Å². The third-order valence-electron chi connectivity index (χ3n) is 6.20. The highest BCUT2D eigenvalue weighted by Crippen LogP contribution is 2.29. The zero-order valence-corrected chi connectivity index (χ0v) is 18.2. The van der Waals surface area contributed by atoms with Crippen LogP contribution in [0.2, 0.25) is 0 Å². The highest BCUT2D eigenvalue weighted by molar-refractivity contribution is 6.31. The van der Waals surface area contributed by atoms with E-state index in [1.165, 1.54) is 24.4 Å². The number of fused-ring (bicyclic) bond motifs is 1. The Labute approximate surface area is 185 Å². The average molecular weight is 435 g/mol. The number of nitrogens with zero attached hydrogens (tertiary/aromatic N) is 3. The van der Waals surface area contributed by atoms with Gasteiger partial charge in [0.1, 0.15) is 0 Å². The minimum absolute atomic E-state index is 0.161. The summed E-state index contributed by atoms with van der Waals surface area (Å²) in [5.41, 5.74) is 2.31. The molecule has 2 aliphatic rings. The predicted molar refractivity (Wildman–Crippen MR) is 123 cm³/mol. The molecule has 0 saturated carbocycles. The normalized spacial score (nSPS) is 22.5. The van der Waals surface area contributed by atoms with Gasteiger partial charge in [0.25, 0.3) is 17.5 Å². The lowest BCUT2D eigenvalue weighted by Gasteiger charge is -2.43. The number of non-ortho nitro benzene ring substituents is 1. The lowest BCUT2D eigenvalue weighted by atomic mass is 9.95. The lowest BCUT2D eigenvalue weighted by molar-refractivity contribution is -0.384. The van der Waals surface area contributed by atoms with Gasteiger partial charge in [-0.25, -0.2) is 0 Å². The second-order valence-corrected chi connectivity index (χ2v) is 8.29. The fourth-order valence-corrected chi connectivity index (χ4v) is 4.11. The van der Waals surface area contributed by atoms with Crippen LogP contribution in [0.4, 0.5) is 17.1 Å². The Morgan fingerprint density at radius 1 is 1.03 bits per heavy atom. The van der Waals surface area contributed by atoms with Crippen molar-refractivity contribution in [3.8, 4) is 0 Å². The van der Waals surface area contributed by atoms with Crippen molar-refractivity contribution < 1.29 is 14.5 Å². The minimum atomic E-state index is -0.604. The van der Waals surface area contributed by atoms with Crippen LogP contribution < -0.4 is 15.5 Å². The third-order valence-corrected chi connectivity index (χ3v) is 6.20. The Balaban J connectivity index is 1.55. The number of carbonyl (C=O) groups excluding carboxylic acids is 2. The van der Waals surface area contributed by atoms with E-state index in [2.05, 4.69) is 41.3 Å². The zero-order chi connectivity index (χ0) is 23.0. The van der Waals surface area contributed by atoms with E-state index in [0.717, 1.165) is 24.5 Å². The van der Waals surface area contributed by atoms with Gasteiger partial charge in [0, 0.05) is 66.0 Å². The molecule has 0 spiro atoms. The molecule has 4 rings (SSSR count). The van der Waals surface area contributed by atoms with Crippen LogP contribution in [0.5, 0.6) is 0 Å². The topological polar surface area (TPSA) is 108 Å². The monoisotopic (exact) mass is 435 g/mol. The maximum Gasteiger partial charge on any atom is 0.270 e. The molecule has 9 nitrogen and oxygen atoms in total. The Morgan fingerprint density at radius 2 is 1.69 bits per heavy atom. The SMILES string of the molecule is C[C@@H]1CN(c2ccc(N/C=C3\C(=O)NC(=O)c4ccc([N+](=O)[O-])cc43)cc2)C[C@H](C)N1C. The van der Waals surface area contributed by atoms with Crippen LogP contribution in [-0.4, -0.2) is 53.9 Å². The fraction of sp³-hybridized carbons (Fsp3) is 0.304. The van der Waals surface area contributed by atoms with E-state index >= 15 is 0 Å². The van der Waals surface area contributed by atoms with E-state index in [-0.39, 0.29) is 22.4 Å². The van der Waals surface area contributed by atoms with Gasteiger partial charge < -0.3 is 10.2 Å². The van der Waals surface area contributed by atoms with E-state index in [1.807, 2.05) is 24.3 Å². The van der Waals surface area contributed by atoms with Gasteiger partial charge in [0.05, 0.1) is 10.5 Å². The second-order valence-electron chi connectivity index (χ2n) is 8.29. The number of amides is 2. The number of hydrogen-bond donors (Lipinski definition) is 2. The summed E-state index contributed by atoms with van der Waals surface area (Å²) in [5.74, 6) is -1.18. The van der Waals surface area contributed by atoms with Crippen molar-refractivity contribution in [1.82, 2.24) is 10.2 Å². The summed E-state index contributed by atoms with van der Waals surface area (Å²) in [7, 11) is 2.15. The fourth-order valence-electron chi connectivity index (χ4n) is 4.11. The number of nitro benzene ring substituents is 1. The molecule has 166 valence electrons. The summed E-state index contributed by atoms with van der Waals surface area (Å²) in [6.45, 7) is 6.32. The van der Waals surface area contributed by atoms with E-state index in [1.54, 1.807) is 0 Å². The number of rotatable bonds is 4. The number of piperazine rings is 1. The number of carbonyl (C=O) groups is 2. The Bertz CT molecular complexity index is 1100. The van der Waals surface area contributed by atoms with E-state index in [9.17, 15) is 19.7 Å². The molecule has 9 heteroatoms. The molecule has 2 aromatic carbocycles. The van der Waals surface area contributed by atoms with Crippen LogP contribution in [0.3, 0.4) is 0 Å². The van der Waals surface area contributed by atoms with Crippen molar-refractivity contribution in [2.75, 3.05) is 30.4 Å². The number of likely N-dealkylation sites (N-methyl/N-ethyl adjacent to an activating group) is 1. The predicted octanol–water partition coefficient (Wildman–Crippen LogP) is 2.85. The number of imide groups is 1. The standard InChI is InChI=1S/C23H25N5O4/c1-14-12-27(13-15(2)26(14)3)17-6-4-16(5-7-17)24-11-21-20-10-18(28(31)32)8-9-19(20)22(29)25-23(21)30/h4-11,14-15,24H,12-13H2,1-3H3,(H,25,29,30)/b21-11-/t14-,15+. The minimum Gasteiger partial charge on any atom is -0.368 e. The highest BCUT2D eigenvalue weighted by Gasteiger charge is 2.29. The van der Waals surface area contributed by atoms with Crippen LogP contribution in [0, 0.1) is 10.1 Å². The molecule has 2 aliphatic heterocycles. The molecular weight excluding hydrogens is 410 g/mol. The number of hydrogen-bond acceptors (Lipinski definition) is 7. The Kier molecular flexibility index (Phi) is 5.67. The van der Waals surface area contributed by atoms with Gasteiger partial charge in [-0.15, -0.1) is 0 Å². The van der Waals surface area contributed by atoms with Crippen molar-refractivity contribution >= 4 is 34.4 Å². The van der Waals surface area contributed by atoms with E-state index in [4.69, 9.17) is 0 Å². The van der Waals surface area contributed by atoms with Gasteiger partial charge in [0.15, 0.2) is 0 Å². The number of benzene rings is 2. The van der Waals surface area contributed by atoms with Crippen molar-refractivity contribution in [3.63, 3.8) is 0 Å². The van der Waals surface area contributed by atoms with Crippen LogP contribution in [-0.2, 0) is 4.79 Å². The van der Waals surface area contributed by atoms with Gasteiger partial charge in [-0.1, -0.05) is 0 Å². The first-order valence-corrected chi connectivity index (χ1v) is 10.4. The summed E-state index contributed by atoms with van der Waals surface area (Å²) in [4.78, 5) is 39.8. The lowest BCUT2D eigenvalue weighted by Crippen LogP contribution is -2.55. The molecule has 0 aromatic heterocycles. The molecule has 2 aromatic rings. The molecule has 1 saturated heterocycles. The Morgan fingerprint density at radius 3 is 2.31 bits per heavy atom. The molecule has 2 atom stereocenters. The first-order valence-electron chi connectivity index (χ1n) is 10.4. The molecule has 0 aliphatic carbocycles. The summed E-state index contributed by atoms with van der Waals surface area (Å²) >= 11 is 0. The third kappa shape index (κ3) is 4.06. The second kappa shape index (κ2) is 8.43. The molecule has 2 N–H and O–H groups in total. The molecule has 0 bridgehead atoms. The first-order chi connectivity index (χ1) is 15.2. The van der Waals surface area contributed by atoms with Crippen molar-refractivity contribution in [2.24, 2.45) is 0 Å². The van der Waals surface area contributed by atoms with Gasteiger partial charge >= 0.3 is 0 Å². The smallest absolute Gasteiger partial charge is 0.270 e. The van der Waals surface area contributed by atoms with Crippen LogP contribution >= 0.6 is 0 Å². The maximum atomic E-state index is 12.4. The molecule has 0 radical (unpaired) electrons. The van der Waals surface area contributed by atoms with Crippen molar-refractivity contribution in [3.05, 3.63) is 69.9 Å². The highest BCUT2D eigenvalue weighted by atomic mass is 16.6. The van der Waals surface area contributed by atoms with Crippen LogP contribution in [0.25, 0.3) is 5.57 Å². The molecule has 32 heavy (non-hydrogen) atoms. The first kappa shape index (κ1) is 21.5. The van der Waals surface area contributed by atoms with Gasteiger partial charge in [0.2, 0.25) is 0 Å². The zero-order valence-electron chi connectivity index (χ0n) is 18.2. The molecule has 1 fully saturated rings. The molecule has 2 amide bonds. The van der Waals surface area contributed by atoms with Crippen LogP contribution in [0.1, 0.15) is 29.8 Å². The van der Waals surface area contributed by atoms with Crippen LogP contribution in [0.15, 0.2) is 48.7 Å². The van der Waals surface area contributed by atoms with Gasteiger partial charge in [-0.3, -0.25) is 29.9 Å². The van der Waals surface area contributed by atoms with Gasteiger partial charge in [-0.05, 0) is 51.2 Å². The number of anilines is 2. The molecule has 2 heterocycles. The summed E-state index contributed by atoms with van der Waals surface area (Å²) < 4.78 is 0. The number of nitro groups is 1. The Hall–Kier alpha value is -3.72. The van der Waals surface area contributed by atoms with Crippen molar-refractivity contribution in [2.45, 2.75) is 25.9 Å². The summed E-state index contributed by atoms with van der Waals surface area (Å²) in [5, 5.41) is 16.5. The van der Waals surface area contributed by atoms with Gasteiger partial charge in [-0.2, -0.15) is 0 Å². The van der Waals surface area contributed by atoms with Crippen molar-refractivity contribution in [1.29, 1.82) is 0 Å². The quantitative estimate of drug-likeness (QED) is 0.329. The molecular formula is C23H25N5O4. The molecule has 0 unspecified atom stereocenters. The number of nitrogens with one attached hydrogen (secondary N) is 2. The summed E-state index contributed by atoms with van der Waals surface area (Å²) in [6, 6.07) is 12.6. The summed E-state index contributed by atoms with van der Waals surface area (Å²) in [6.07, 6.45) is 1.47. The van der Waals surface area contributed by atoms with E-state index < -0.39 is 16.7 Å². The average Bonchev–Trinajstić information content (AvgIpc) is 2.77. The largest absolute Gasteiger partial charge is 0.368 e. The maximum absolute atomic E-state index is 12.4.